The maximum atomic E-state index is 12.8. The number of nitrogens with one attached hydrogen (secondary N) is 2. The van der Waals surface area contributed by atoms with E-state index in [4.69, 9.17) is 4.74 Å². The first-order valence-corrected chi connectivity index (χ1v) is 10.4. The van der Waals surface area contributed by atoms with Gasteiger partial charge in [-0.1, -0.05) is 0 Å². The fraction of sp³-hybridized carbons (Fsp3) is 0.591. The van der Waals surface area contributed by atoms with E-state index in [2.05, 4.69) is 10.6 Å². The number of ether oxygens (including phenoxy) is 1. The summed E-state index contributed by atoms with van der Waals surface area (Å²) in [4.78, 5) is 38.8. The van der Waals surface area contributed by atoms with Gasteiger partial charge in [-0.05, 0) is 76.6 Å². The number of hydrogen-bond acceptors (Lipinski definition) is 4. The number of piperidine rings is 1. The molecule has 2 N–H and O–H groups in total. The highest BCUT2D eigenvalue weighted by molar-refractivity contribution is 5.95. The van der Waals surface area contributed by atoms with Gasteiger partial charge in [0.1, 0.15) is 5.60 Å². The Kier molecular flexibility index (Phi) is 6.45. The Balaban J connectivity index is 1.53. The highest BCUT2D eigenvalue weighted by atomic mass is 16.6. The predicted molar refractivity (Wildman–Crippen MR) is 111 cm³/mol. The van der Waals surface area contributed by atoms with Crippen molar-refractivity contribution < 1.29 is 19.1 Å². The van der Waals surface area contributed by atoms with Crippen molar-refractivity contribution in [1.29, 1.82) is 0 Å². The molecule has 0 aromatic heterocycles. The van der Waals surface area contributed by atoms with Gasteiger partial charge in [0, 0.05) is 30.9 Å². The van der Waals surface area contributed by atoms with Crippen LogP contribution in [0.5, 0.6) is 0 Å². The van der Waals surface area contributed by atoms with E-state index in [1.54, 1.807) is 49.9 Å². The molecule has 7 heteroatoms. The normalized spacial score (nSPS) is 19.4. The lowest BCUT2D eigenvalue weighted by atomic mass is 9.96. The zero-order chi connectivity index (χ0) is 21.0. The van der Waals surface area contributed by atoms with Crippen LogP contribution < -0.4 is 10.6 Å². The molecule has 3 rings (SSSR count). The molecular weight excluding hydrogens is 370 g/mol. The molecule has 158 valence electrons. The Morgan fingerprint density at radius 1 is 1.10 bits per heavy atom. The second-order valence-corrected chi connectivity index (χ2v) is 8.98. The fourth-order valence-corrected chi connectivity index (χ4v) is 3.39. The first-order valence-electron chi connectivity index (χ1n) is 10.4. The van der Waals surface area contributed by atoms with Gasteiger partial charge in [0.2, 0.25) is 5.91 Å². The van der Waals surface area contributed by atoms with Gasteiger partial charge in [-0.2, -0.15) is 0 Å². The van der Waals surface area contributed by atoms with Crippen molar-refractivity contribution >= 4 is 23.6 Å². The van der Waals surface area contributed by atoms with E-state index in [9.17, 15) is 14.4 Å². The SMILES string of the molecule is CC(C)(C)OC(=O)Nc1ccc(C(=O)N2CCC[C@H](C(=O)NCC3CC3)C2)cc1. The highest BCUT2D eigenvalue weighted by Gasteiger charge is 2.30. The van der Waals surface area contributed by atoms with Crippen LogP contribution in [0.1, 0.15) is 56.8 Å². The zero-order valence-corrected chi connectivity index (χ0v) is 17.5. The monoisotopic (exact) mass is 401 g/mol. The van der Waals surface area contributed by atoms with Crippen LogP contribution in [-0.2, 0) is 9.53 Å². The van der Waals surface area contributed by atoms with E-state index in [0.717, 1.165) is 19.4 Å². The number of anilines is 1. The number of amides is 3. The third-order valence-corrected chi connectivity index (χ3v) is 5.12. The molecule has 2 fully saturated rings. The molecule has 29 heavy (non-hydrogen) atoms. The van der Waals surface area contributed by atoms with Crippen LogP contribution in [0.3, 0.4) is 0 Å². The third-order valence-electron chi connectivity index (χ3n) is 5.12. The van der Waals surface area contributed by atoms with E-state index in [0.29, 0.717) is 30.3 Å². The van der Waals surface area contributed by atoms with Gasteiger partial charge in [-0.3, -0.25) is 14.9 Å². The van der Waals surface area contributed by atoms with Crippen LogP contribution in [0.4, 0.5) is 10.5 Å². The summed E-state index contributed by atoms with van der Waals surface area (Å²) in [5.41, 5.74) is 0.529. The molecular formula is C22H31N3O4. The molecule has 0 bridgehead atoms. The van der Waals surface area contributed by atoms with E-state index in [1.165, 1.54) is 12.8 Å². The Morgan fingerprint density at radius 2 is 1.79 bits per heavy atom. The summed E-state index contributed by atoms with van der Waals surface area (Å²) in [7, 11) is 0. The molecule has 0 spiro atoms. The summed E-state index contributed by atoms with van der Waals surface area (Å²) in [5, 5.41) is 5.68. The topological polar surface area (TPSA) is 87.7 Å². The fourth-order valence-electron chi connectivity index (χ4n) is 3.39. The summed E-state index contributed by atoms with van der Waals surface area (Å²) < 4.78 is 5.22. The molecule has 2 aliphatic rings. The molecule has 1 atom stereocenters. The molecule has 1 saturated heterocycles. The van der Waals surface area contributed by atoms with E-state index in [-0.39, 0.29) is 17.7 Å². The van der Waals surface area contributed by atoms with E-state index in [1.807, 2.05) is 0 Å². The maximum absolute atomic E-state index is 12.8. The number of likely N-dealkylation sites (tertiary alicyclic amines) is 1. The Morgan fingerprint density at radius 3 is 2.41 bits per heavy atom. The summed E-state index contributed by atoms with van der Waals surface area (Å²) >= 11 is 0. The molecule has 1 heterocycles. The van der Waals surface area contributed by atoms with E-state index < -0.39 is 11.7 Å². The standard InChI is InChI=1S/C22H31N3O4/c1-22(2,3)29-21(28)24-18-10-8-16(9-11-18)20(27)25-12-4-5-17(14-25)19(26)23-13-15-6-7-15/h8-11,15,17H,4-7,12-14H2,1-3H3,(H,23,26)(H,24,28)/t17-/m0/s1. The lowest BCUT2D eigenvalue weighted by Crippen LogP contribution is -2.45. The van der Waals surface area contributed by atoms with Crippen molar-refractivity contribution in [2.45, 2.75) is 52.1 Å². The summed E-state index contributed by atoms with van der Waals surface area (Å²) in [6, 6.07) is 6.74. The first-order chi connectivity index (χ1) is 13.7. The molecule has 0 radical (unpaired) electrons. The number of carbonyl (C=O) groups is 3. The van der Waals surface area contributed by atoms with Crippen LogP contribution in [0, 0.1) is 11.8 Å². The second kappa shape index (κ2) is 8.84. The first kappa shape index (κ1) is 21.1. The molecule has 3 amide bonds. The second-order valence-electron chi connectivity index (χ2n) is 8.98. The lowest BCUT2D eigenvalue weighted by molar-refractivity contribution is -0.126. The molecule has 1 aliphatic heterocycles. The van der Waals surface area contributed by atoms with Gasteiger partial charge in [0.25, 0.3) is 5.91 Å². The van der Waals surface area contributed by atoms with Gasteiger partial charge in [0.05, 0.1) is 5.92 Å². The van der Waals surface area contributed by atoms with Gasteiger partial charge < -0.3 is 15.0 Å². The van der Waals surface area contributed by atoms with E-state index >= 15 is 0 Å². The number of benzene rings is 1. The Bertz CT molecular complexity index is 750. The minimum absolute atomic E-state index is 0.0614. The third kappa shape index (κ3) is 6.48. The van der Waals surface area contributed by atoms with Crippen molar-refractivity contribution in [3.05, 3.63) is 29.8 Å². The number of nitrogens with zero attached hydrogens (tertiary/aromatic N) is 1. The Labute approximate surface area is 172 Å². The van der Waals surface area contributed by atoms with Crippen LogP contribution in [-0.4, -0.2) is 48.0 Å². The highest BCUT2D eigenvalue weighted by Crippen LogP contribution is 2.28. The zero-order valence-electron chi connectivity index (χ0n) is 17.5. The molecule has 0 unspecified atom stereocenters. The smallest absolute Gasteiger partial charge is 0.412 e. The Hall–Kier alpha value is -2.57. The number of carbonyl (C=O) groups excluding carboxylic acids is 3. The molecule has 1 aromatic rings. The van der Waals surface area contributed by atoms with Crippen molar-refractivity contribution in [2.24, 2.45) is 11.8 Å². The van der Waals surface area contributed by atoms with Crippen LogP contribution >= 0.6 is 0 Å². The number of rotatable bonds is 5. The predicted octanol–water partition coefficient (Wildman–Crippen LogP) is 3.41. The minimum atomic E-state index is -0.574. The largest absolute Gasteiger partial charge is 0.444 e. The average molecular weight is 402 g/mol. The quantitative estimate of drug-likeness (QED) is 0.791. The number of hydrogen-bond donors (Lipinski definition) is 2. The summed E-state index contributed by atoms with van der Waals surface area (Å²) in [6.07, 6.45) is 3.51. The summed E-state index contributed by atoms with van der Waals surface area (Å²) in [5.74, 6) is 0.479. The maximum Gasteiger partial charge on any atom is 0.412 e. The summed E-state index contributed by atoms with van der Waals surface area (Å²) in [6.45, 7) is 7.26. The van der Waals surface area contributed by atoms with Crippen molar-refractivity contribution in [3.8, 4) is 0 Å². The van der Waals surface area contributed by atoms with Gasteiger partial charge in [-0.25, -0.2) is 4.79 Å². The van der Waals surface area contributed by atoms with Crippen molar-refractivity contribution in [2.75, 3.05) is 25.0 Å². The molecule has 1 saturated carbocycles. The van der Waals surface area contributed by atoms with Crippen LogP contribution in [0.25, 0.3) is 0 Å². The van der Waals surface area contributed by atoms with Crippen LogP contribution in [0.2, 0.25) is 0 Å². The molecule has 1 aliphatic carbocycles. The average Bonchev–Trinajstić information content (AvgIpc) is 3.49. The lowest BCUT2D eigenvalue weighted by Gasteiger charge is -2.32. The molecule has 7 nitrogen and oxygen atoms in total. The van der Waals surface area contributed by atoms with Gasteiger partial charge in [0.15, 0.2) is 0 Å². The van der Waals surface area contributed by atoms with Gasteiger partial charge >= 0.3 is 6.09 Å². The molecule has 1 aromatic carbocycles. The van der Waals surface area contributed by atoms with Gasteiger partial charge in [-0.15, -0.1) is 0 Å². The minimum Gasteiger partial charge on any atom is -0.444 e. The van der Waals surface area contributed by atoms with Crippen LogP contribution in [0.15, 0.2) is 24.3 Å². The van der Waals surface area contributed by atoms with Crippen molar-refractivity contribution in [3.63, 3.8) is 0 Å². The van der Waals surface area contributed by atoms with Crippen molar-refractivity contribution in [1.82, 2.24) is 10.2 Å².